The van der Waals surface area contributed by atoms with Gasteiger partial charge in [-0.2, -0.15) is 0 Å². The molecule has 3 rings (SSSR count). The smallest absolute Gasteiger partial charge is 0.269 e. The van der Waals surface area contributed by atoms with Crippen LogP contribution >= 0.6 is 0 Å². The van der Waals surface area contributed by atoms with E-state index in [1.165, 1.54) is 12.1 Å². The van der Waals surface area contributed by atoms with Crippen molar-refractivity contribution in [3.05, 3.63) is 100 Å². The first-order valence-corrected chi connectivity index (χ1v) is 8.59. The highest BCUT2D eigenvalue weighted by Gasteiger charge is 2.38. The zero-order valence-corrected chi connectivity index (χ0v) is 15.0. The number of rotatable bonds is 8. The number of aromatic nitrogens is 2. The third kappa shape index (κ3) is 4.18. The molecule has 3 N–H and O–H groups in total. The number of nitrogens with zero attached hydrogens (tertiary/aromatic N) is 3. The van der Waals surface area contributed by atoms with Gasteiger partial charge in [-0.15, -0.1) is 0 Å². The molecule has 0 aliphatic carbocycles. The predicted octanol–water partition coefficient (Wildman–Crippen LogP) is 2.10. The van der Waals surface area contributed by atoms with E-state index < -0.39 is 16.4 Å². The zero-order valence-electron chi connectivity index (χ0n) is 15.0. The van der Waals surface area contributed by atoms with Crippen LogP contribution in [-0.2, 0) is 23.3 Å². The normalized spacial score (nSPS) is 12.9. The predicted molar refractivity (Wildman–Crippen MR) is 103 cm³/mol. The van der Waals surface area contributed by atoms with Crippen molar-refractivity contribution in [3.8, 4) is 0 Å². The first kappa shape index (κ1) is 19.1. The average molecular weight is 377 g/mol. The lowest BCUT2D eigenvalue weighted by Crippen LogP contribution is -2.54. The second kappa shape index (κ2) is 8.36. The number of nitro groups is 1. The van der Waals surface area contributed by atoms with Crippen LogP contribution in [0.4, 0.5) is 5.69 Å². The number of carbonyl (C=O) groups excluding carboxylic acids is 1. The molecule has 0 aliphatic heterocycles. The number of nitro benzene ring substituents is 1. The lowest BCUT2D eigenvalue weighted by Gasteiger charge is -2.33. The lowest BCUT2D eigenvalue weighted by molar-refractivity contribution is -0.384. The van der Waals surface area contributed by atoms with Crippen LogP contribution in [-0.4, -0.2) is 20.8 Å². The molecule has 1 atom stereocenters. The molecule has 2 aromatic heterocycles. The molecule has 0 saturated carbocycles. The summed E-state index contributed by atoms with van der Waals surface area (Å²) in [5.74, 6) is -0.577. The summed E-state index contributed by atoms with van der Waals surface area (Å²) in [6, 6.07) is 13.1. The summed E-state index contributed by atoms with van der Waals surface area (Å²) in [7, 11) is 0. The van der Waals surface area contributed by atoms with Gasteiger partial charge in [0, 0.05) is 49.9 Å². The van der Waals surface area contributed by atoms with Crippen LogP contribution in [0.2, 0.25) is 0 Å². The number of hydrogen-bond donors (Lipinski definition) is 2. The molecule has 0 radical (unpaired) electrons. The van der Waals surface area contributed by atoms with Crippen LogP contribution in [0.5, 0.6) is 0 Å². The molecule has 142 valence electrons. The second-order valence-corrected chi connectivity index (χ2v) is 6.31. The molecular formula is C20H19N5O3. The van der Waals surface area contributed by atoms with E-state index >= 15 is 0 Å². The van der Waals surface area contributed by atoms with Crippen LogP contribution < -0.4 is 11.1 Å². The summed E-state index contributed by atoms with van der Waals surface area (Å²) >= 11 is 0. The minimum atomic E-state index is -1.25. The molecule has 8 nitrogen and oxygen atoms in total. The number of hydrogen-bond acceptors (Lipinski definition) is 6. The molecule has 0 spiro atoms. The van der Waals surface area contributed by atoms with Crippen molar-refractivity contribution in [2.75, 3.05) is 0 Å². The Kier molecular flexibility index (Phi) is 5.71. The van der Waals surface area contributed by atoms with Gasteiger partial charge in [0.05, 0.1) is 4.92 Å². The molecule has 2 heterocycles. The molecule has 1 amide bonds. The topological polar surface area (TPSA) is 124 Å². The van der Waals surface area contributed by atoms with E-state index in [4.69, 9.17) is 5.73 Å². The Morgan fingerprint density at radius 3 is 2.00 bits per heavy atom. The first-order valence-electron chi connectivity index (χ1n) is 8.59. The molecule has 1 aromatic carbocycles. The van der Waals surface area contributed by atoms with Crippen LogP contribution in [0.25, 0.3) is 0 Å². The van der Waals surface area contributed by atoms with Gasteiger partial charge < -0.3 is 5.73 Å². The summed E-state index contributed by atoms with van der Waals surface area (Å²) < 4.78 is 0. The van der Waals surface area contributed by atoms with E-state index in [9.17, 15) is 14.9 Å². The van der Waals surface area contributed by atoms with Crippen LogP contribution in [0, 0.1) is 10.1 Å². The van der Waals surface area contributed by atoms with Crippen LogP contribution in [0.15, 0.2) is 73.3 Å². The first-order chi connectivity index (χ1) is 13.5. The van der Waals surface area contributed by atoms with Crippen molar-refractivity contribution in [1.29, 1.82) is 0 Å². The minimum Gasteiger partial charge on any atom is -0.368 e. The summed E-state index contributed by atoms with van der Waals surface area (Å²) in [5, 5.41) is 14.3. The van der Waals surface area contributed by atoms with Crippen molar-refractivity contribution in [2.45, 2.75) is 18.5 Å². The van der Waals surface area contributed by atoms with Crippen molar-refractivity contribution in [2.24, 2.45) is 5.73 Å². The molecule has 0 bridgehead atoms. The van der Waals surface area contributed by atoms with Gasteiger partial charge in [0.15, 0.2) is 0 Å². The number of carbonyl (C=O) groups is 1. The van der Waals surface area contributed by atoms with E-state index in [0.717, 1.165) is 11.1 Å². The number of nitrogens with two attached hydrogens (primary N) is 1. The van der Waals surface area contributed by atoms with Gasteiger partial charge >= 0.3 is 0 Å². The molecule has 0 fully saturated rings. The molecule has 8 heteroatoms. The summed E-state index contributed by atoms with van der Waals surface area (Å²) in [4.78, 5) is 31.1. The number of amides is 1. The quantitative estimate of drug-likeness (QED) is 0.458. The minimum absolute atomic E-state index is 0.0554. The zero-order chi connectivity index (χ0) is 20.0. The third-order valence-electron chi connectivity index (χ3n) is 4.55. The Hall–Kier alpha value is -3.65. The van der Waals surface area contributed by atoms with Gasteiger partial charge in [0.2, 0.25) is 5.91 Å². The third-order valence-corrected chi connectivity index (χ3v) is 4.55. The van der Waals surface area contributed by atoms with Gasteiger partial charge in [-0.3, -0.25) is 30.2 Å². The fraction of sp³-hybridized carbons (Fsp3) is 0.150. The molecule has 28 heavy (non-hydrogen) atoms. The number of benzene rings is 1. The summed E-state index contributed by atoms with van der Waals surface area (Å²) in [6.45, 7) is 0.369. The van der Waals surface area contributed by atoms with Crippen molar-refractivity contribution in [3.63, 3.8) is 0 Å². The van der Waals surface area contributed by atoms with Gasteiger partial charge in [-0.05, 0) is 53.1 Å². The SMILES string of the molecule is NC(=O)C(Cc1ccncc1)(NCc1ccncc1)c1ccc([N+](=O)[O-])cc1. The van der Waals surface area contributed by atoms with E-state index in [1.807, 2.05) is 12.1 Å². The van der Waals surface area contributed by atoms with Crippen molar-refractivity contribution >= 4 is 11.6 Å². The highest BCUT2D eigenvalue weighted by Crippen LogP contribution is 2.28. The number of nitrogens with one attached hydrogen (secondary N) is 1. The molecule has 0 saturated heterocycles. The highest BCUT2D eigenvalue weighted by atomic mass is 16.6. The molecule has 1 unspecified atom stereocenters. The summed E-state index contributed by atoms with van der Waals surface area (Å²) in [6.07, 6.45) is 6.88. The lowest BCUT2D eigenvalue weighted by atomic mass is 9.82. The fourth-order valence-electron chi connectivity index (χ4n) is 3.01. The Morgan fingerprint density at radius 1 is 0.964 bits per heavy atom. The Morgan fingerprint density at radius 2 is 1.50 bits per heavy atom. The summed E-state index contributed by atoms with van der Waals surface area (Å²) in [5.41, 5.74) is 6.88. The standard InChI is InChI=1S/C20H19N5O3/c21-19(26)20(13-15-5-9-22-10-6-15,24-14-16-7-11-23-12-8-16)17-1-3-18(4-2-17)25(27)28/h1-12,24H,13-14H2,(H2,21,26). The van der Waals surface area contributed by atoms with E-state index in [1.54, 1.807) is 49.1 Å². The number of non-ortho nitro benzene ring substituents is 1. The maximum Gasteiger partial charge on any atom is 0.269 e. The maximum absolute atomic E-state index is 12.7. The van der Waals surface area contributed by atoms with E-state index in [-0.39, 0.29) is 12.1 Å². The highest BCUT2D eigenvalue weighted by molar-refractivity contribution is 5.86. The monoisotopic (exact) mass is 377 g/mol. The van der Waals surface area contributed by atoms with Crippen molar-refractivity contribution < 1.29 is 9.72 Å². The van der Waals surface area contributed by atoms with E-state index in [2.05, 4.69) is 15.3 Å². The molecule has 3 aromatic rings. The average Bonchev–Trinajstić information content (AvgIpc) is 2.72. The Labute approximate surface area is 161 Å². The van der Waals surface area contributed by atoms with E-state index in [0.29, 0.717) is 12.1 Å². The van der Waals surface area contributed by atoms with Gasteiger partial charge in [0.25, 0.3) is 5.69 Å². The molecule has 0 aliphatic rings. The Balaban J connectivity index is 2.01. The number of pyridine rings is 2. The molecular weight excluding hydrogens is 358 g/mol. The van der Waals surface area contributed by atoms with Gasteiger partial charge in [0.1, 0.15) is 5.54 Å². The largest absolute Gasteiger partial charge is 0.368 e. The van der Waals surface area contributed by atoms with Crippen molar-refractivity contribution in [1.82, 2.24) is 15.3 Å². The van der Waals surface area contributed by atoms with Crippen LogP contribution in [0.1, 0.15) is 16.7 Å². The van der Waals surface area contributed by atoms with Gasteiger partial charge in [-0.25, -0.2) is 0 Å². The Bertz CT molecular complexity index is 949. The number of primary amides is 1. The maximum atomic E-state index is 12.7. The fourth-order valence-corrected chi connectivity index (χ4v) is 3.01. The van der Waals surface area contributed by atoms with Crippen LogP contribution in [0.3, 0.4) is 0 Å². The van der Waals surface area contributed by atoms with Gasteiger partial charge in [-0.1, -0.05) is 0 Å². The second-order valence-electron chi connectivity index (χ2n) is 6.31.